The Hall–Kier alpha value is -3.91. The van der Waals surface area contributed by atoms with Gasteiger partial charge in [0, 0.05) is 17.3 Å². The summed E-state index contributed by atoms with van der Waals surface area (Å²) in [5.41, 5.74) is 4.75. The first-order chi connectivity index (χ1) is 14.5. The van der Waals surface area contributed by atoms with E-state index in [1.54, 1.807) is 19.2 Å². The van der Waals surface area contributed by atoms with Gasteiger partial charge in [0.15, 0.2) is 11.2 Å². The van der Waals surface area contributed by atoms with Gasteiger partial charge in [-0.3, -0.25) is 9.78 Å². The highest BCUT2D eigenvalue weighted by Crippen LogP contribution is 2.31. The summed E-state index contributed by atoms with van der Waals surface area (Å²) in [5, 5.41) is 13.3. The number of pyridine rings is 1. The maximum absolute atomic E-state index is 13.2. The van der Waals surface area contributed by atoms with Gasteiger partial charge < -0.3 is 9.73 Å². The molecule has 0 saturated heterocycles. The predicted molar refractivity (Wildman–Crippen MR) is 118 cm³/mol. The minimum atomic E-state index is -0.190. The number of benzene rings is 2. The highest BCUT2D eigenvalue weighted by atomic mass is 16.3. The molecule has 30 heavy (non-hydrogen) atoms. The first-order valence-corrected chi connectivity index (χ1v) is 9.74. The van der Waals surface area contributed by atoms with Crippen LogP contribution in [-0.2, 0) is 0 Å². The van der Waals surface area contributed by atoms with Gasteiger partial charge in [-0.15, -0.1) is 0 Å². The summed E-state index contributed by atoms with van der Waals surface area (Å²) in [5.74, 6) is 0.475. The SMILES string of the molecule is Cc1cc([C@@H](C)Nc2ccccc2C#N)c2oc(-c3ccccn3)c(C)c(=O)c2c1. The summed E-state index contributed by atoms with van der Waals surface area (Å²) >= 11 is 0. The number of aromatic nitrogens is 1. The molecule has 1 N–H and O–H groups in total. The zero-order valence-corrected chi connectivity index (χ0v) is 17.1. The molecule has 1 atom stereocenters. The molecule has 4 aromatic rings. The van der Waals surface area contributed by atoms with E-state index >= 15 is 0 Å². The zero-order valence-electron chi connectivity index (χ0n) is 17.1. The Kier molecular flexibility index (Phi) is 5.07. The average Bonchev–Trinajstić information content (AvgIpc) is 2.77. The van der Waals surface area contributed by atoms with E-state index in [9.17, 15) is 10.1 Å². The summed E-state index contributed by atoms with van der Waals surface area (Å²) in [6.45, 7) is 5.71. The van der Waals surface area contributed by atoms with Crippen molar-refractivity contribution >= 4 is 16.7 Å². The largest absolute Gasteiger partial charge is 0.454 e. The second-order valence-corrected chi connectivity index (χ2v) is 7.35. The molecule has 4 rings (SSSR count). The van der Waals surface area contributed by atoms with Gasteiger partial charge >= 0.3 is 0 Å². The number of para-hydroxylation sites is 1. The smallest absolute Gasteiger partial charge is 0.196 e. The molecular formula is C25H21N3O2. The Labute approximate surface area is 174 Å². The third-order valence-electron chi connectivity index (χ3n) is 5.18. The van der Waals surface area contributed by atoms with E-state index in [4.69, 9.17) is 4.42 Å². The van der Waals surface area contributed by atoms with Crippen molar-refractivity contribution in [1.29, 1.82) is 5.26 Å². The molecule has 0 unspecified atom stereocenters. The Morgan fingerprint density at radius 1 is 1.10 bits per heavy atom. The van der Waals surface area contributed by atoms with E-state index in [1.165, 1.54) is 0 Å². The molecule has 0 radical (unpaired) electrons. The lowest BCUT2D eigenvalue weighted by Crippen LogP contribution is -2.13. The Bertz CT molecular complexity index is 1330. The van der Waals surface area contributed by atoms with Gasteiger partial charge in [-0.25, -0.2) is 0 Å². The Morgan fingerprint density at radius 3 is 2.60 bits per heavy atom. The highest BCUT2D eigenvalue weighted by Gasteiger charge is 2.19. The van der Waals surface area contributed by atoms with Crippen molar-refractivity contribution in [1.82, 2.24) is 4.98 Å². The third-order valence-corrected chi connectivity index (χ3v) is 5.18. The number of fused-ring (bicyclic) bond motifs is 1. The Balaban J connectivity index is 1.90. The number of aryl methyl sites for hydroxylation is 1. The fourth-order valence-corrected chi connectivity index (χ4v) is 3.65. The molecule has 5 nitrogen and oxygen atoms in total. The van der Waals surface area contributed by atoms with Crippen molar-refractivity contribution in [3.8, 4) is 17.5 Å². The van der Waals surface area contributed by atoms with Crippen molar-refractivity contribution in [2.75, 3.05) is 5.32 Å². The van der Waals surface area contributed by atoms with Crippen LogP contribution in [0.4, 0.5) is 5.69 Å². The van der Waals surface area contributed by atoms with Crippen molar-refractivity contribution in [2.45, 2.75) is 26.8 Å². The standard InChI is InChI=1S/C25H21N3O2/c1-15-12-19(17(3)28-21-9-5-4-8-18(21)14-26)25-20(13-15)23(29)16(2)24(30-25)22-10-6-7-11-27-22/h4-13,17,28H,1-3H3/t17-/m1/s1. The molecule has 5 heteroatoms. The minimum absolute atomic E-state index is 0.0634. The fraction of sp³-hybridized carbons (Fsp3) is 0.160. The molecule has 2 aromatic carbocycles. The van der Waals surface area contributed by atoms with E-state index in [1.807, 2.05) is 62.4 Å². The quantitative estimate of drug-likeness (QED) is 0.492. The highest BCUT2D eigenvalue weighted by molar-refractivity contribution is 5.84. The molecule has 2 heterocycles. The van der Waals surface area contributed by atoms with E-state index in [-0.39, 0.29) is 11.5 Å². The van der Waals surface area contributed by atoms with Crippen molar-refractivity contribution < 1.29 is 4.42 Å². The first-order valence-electron chi connectivity index (χ1n) is 9.74. The number of hydrogen-bond acceptors (Lipinski definition) is 5. The van der Waals surface area contributed by atoms with Gasteiger partial charge in [-0.2, -0.15) is 5.26 Å². The first kappa shape index (κ1) is 19.4. The monoisotopic (exact) mass is 395 g/mol. The number of rotatable bonds is 4. The topological polar surface area (TPSA) is 78.9 Å². The molecule has 0 aliphatic carbocycles. The molecule has 0 saturated carbocycles. The molecule has 0 bridgehead atoms. The Morgan fingerprint density at radius 2 is 1.87 bits per heavy atom. The lowest BCUT2D eigenvalue weighted by Gasteiger charge is -2.19. The van der Waals surface area contributed by atoms with Crippen LogP contribution < -0.4 is 10.7 Å². The minimum Gasteiger partial charge on any atom is -0.454 e. The van der Waals surface area contributed by atoms with Crippen LogP contribution in [0.1, 0.15) is 35.2 Å². The summed E-state index contributed by atoms with van der Waals surface area (Å²) in [6.07, 6.45) is 1.68. The van der Waals surface area contributed by atoms with Crippen LogP contribution in [-0.4, -0.2) is 4.98 Å². The average molecular weight is 395 g/mol. The van der Waals surface area contributed by atoms with E-state index < -0.39 is 0 Å². The van der Waals surface area contributed by atoms with Crippen LogP contribution in [0.3, 0.4) is 0 Å². The summed E-state index contributed by atoms with van der Waals surface area (Å²) in [7, 11) is 0. The lowest BCUT2D eigenvalue weighted by molar-refractivity contribution is 0.603. The molecule has 2 aromatic heterocycles. The van der Waals surface area contributed by atoms with Crippen molar-refractivity contribution in [3.63, 3.8) is 0 Å². The lowest BCUT2D eigenvalue weighted by atomic mass is 9.99. The van der Waals surface area contributed by atoms with E-state index in [0.717, 1.165) is 16.8 Å². The van der Waals surface area contributed by atoms with Gasteiger partial charge in [0.2, 0.25) is 0 Å². The zero-order chi connectivity index (χ0) is 21.3. The van der Waals surface area contributed by atoms with Crippen molar-refractivity contribution in [2.24, 2.45) is 0 Å². The molecule has 0 fully saturated rings. The summed E-state index contributed by atoms with van der Waals surface area (Å²) in [6, 6.07) is 18.8. The maximum Gasteiger partial charge on any atom is 0.196 e. The van der Waals surface area contributed by atoms with Crippen LogP contribution in [0.25, 0.3) is 22.4 Å². The van der Waals surface area contributed by atoms with Crippen LogP contribution in [0.2, 0.25) is 0 Å². The van der Waals surface area contributed by atoms with Crippen molar-refractivity contribution in [3.05, 3.63) is 93.3 Å². The number of anilines is 1. The van der Waals surface area contributed by atoms with Crippen LogP contribution in [0, 0.1) is 25.2 Å². The number of nitrogens with zero attached hydrogens (tertiary/aromatic N) is 2. The van der Waals surface area contributed by atoms with Gasteiger partial charge in [0.25, 0.3) is 0 Å². The van der Waals surface area contributed by atoms with Gasteiger partial charge in [-0.05, 0) is 56.7 Å². The van der Waals surface area contributed by atoms with E-state index in [2.05, 4.69) is 16.4 Å². The second kappa shape index (κ2) is 7.84. The van der Waals surface area contributed by atoms with E-state index in [0.29, 0.717) is 33.6 Å². The predicted octanol–water partition coefficient (Wildman–Crippen LogP) is 5.52. The van der Waals surface area contributed by atoms with Crippen LogP contribution >= 0.6 is 0 Å². The molecule has 148 valence electrons. The van der Waals surface area contributed by atoms with Gasteiger partial charge in [0.1, 0.15) is 17.3 Å². The molecule has 0 aliphatic heterocycles. The summed E-state index contributed by atoms with van der Waals surface area (Å²) < 4.78 is 6.29. The number of hydrogen-bond donors (Lipinski definition) is 1. The number of nitriles is 1. The fourth-order valence-electron chi connectivity index (χ4n) is 3.65. The van der Waals surface area contributed by atoms with Crippen LogP contribution in [0.15, 0.2) is 70.0 Å². The third kappa shape index (κ3) is 3.44. The molecular weight excluding hydrogens is 374 g/mol. The molecule has 0 aliphatic rings. The number of nitrogens with one attached hydrogen (secondary N) is 1. The normalized spacial score (nSPS) is 11.8. The second-order valence-electron chi connectivity index (χ2n) is 7.35. The maximum atomic E-state index is 13.2. The molecule has 0 spiro atoms. The summed E-state index contributed by atoms with van der Waals surface area (Å²) in [4.78, 5) is 17.5. The van der Waals surface area contributed by atoms with Crippen LogP contribution in [0.5, 0.6) is 0 Å². The molecule has 0 amide bonds. The van der Waals surface area contributed by atoms with Gasteiger partial charge in [-0.1, -0.05) is 24.3 Å². The van der Waals surface area contributed by atoms with Gasteiger partial charge in [0.05, 0.1) is 22.7 Å².